The van der Waals surface area contributed by atoms with Gasteiger partial charge in [-0.2, -0.15) is 11.3 Å². The first-order valence-corrected chi connectivity index (χ1v) is 24.2. The van der Waals surface area contributed by atoms with Crippen molar-refractivity contribution in [1.29, 1.82) is 0 Å². The monoisotopic (exact) mass is 838 g/mol. The van der Waals surface area contributed by atoms with Gasteiger partial charge in [0.05, 0.1) is 5.69 Å². The first kappa shape index (κ1) is 39.3. The Labute approximate surface area is 380 Å². The molecule has 1 aromatic heterocycles. The zero-order valence-electron chi connectivity index (χ0n) is 39.3. The van der Waals surface area contributed by atoms with Gasteiger partial charge in [0.15, 0.2) is 0 Å². The standard InChI is InChI=1S/C59H59BN2S/c1-34-29-48-51-49(30-34)62(37-23-25-41-39-18-14-16-20-43(39)59(11,12)45(41)33-37)52-50-53(57(7,8)28-27-56(50,5)6)63-54(52)60(51)46-31-35(55(2,3)4)21-26-47(46)61(48)36-22-24-40-38-17-13-15-19-42(38)58(9,10)44(40)32-36/h13-26,29-33H,27-28H2,1-12H3. The molecule has 0 spiro atoms. The molecule has 0 saturated carbocycles. The van der Waals surface area contributed by atoms with E-state index in [4.69, 9.17) is 0 Å². The van der Waals surface area contributed by atoms with Crippen molar-refractivity contribution in [2.75, 3.05) is 9.80 Å². The molecule has 2 aliphatic heterocycles. The van der Waals surface area contributed by atoms with E-state index in [1.54, 1.807) is 10.4 Å². The fraction of sp³-hybridized carbons (Fsp3) is 0.322. The second-order valence-electron chi connectivity index (χ2n) is 22.9. The molecule has 0 fully saturated rings. The number of nitrogens with zero attached hydrogens (tertiary/aromatic N) is 2. The largest absolute Gasteiger partial charge is 0.311 e. The van der Waals surface area contributed by atoms with E-state index in [2.05, 4.69) is 219 Å². The minimum Gasteiger partial charge on any atom is -0.311 e. The van der Waals surface area contributed by atoms with Crippen molar-refractivity contribution < 1.29 is 0 Å². The van der Waals surface area contributed by atoms with Gasteiger partial charge < -0.3 is 9.80 Å². The molecule has 314 valence electrons. The number of anilines is 6. The summed E-state index contributed by atoms with van der Waals surface area (Å²) in [5.74, 6) is 0. The van der Waals surface area contributed by atoms with Crippen molar-refractivity contribution in [3.8, 4) is 22.3 Å². The highest BCUT2D eigenvalue weighted by Gasteiger charge is 2.51. The lowest BCUT2D eigenvalue weighted by atomic mass is 9.35. The Balaban J connectivity index is 1.17. The predicted octanol–water partition coefficient (Wildman–Crippen LogP) is 14.4. The van der Waals surface area contributed by atoms with Crippen LogP contribution >= 0.6 is 11.3 Å². The van der Waals surface area contributed by atoms with Gasteiger partial charge in [-0.25, -0.2) is 0 Å². The minimum absolute atomic E-state index is 0.00336. The number of rotatable bonds is 2. The van der Waals surface area contributed by atoms with Gasteiger partial charge in [-0.1, -0.05) is 149 Å². The summed E-state index contributed by atoms with van der Waals surface area (Å²) < 4.78 is 1.50. The first-order chi connectivity index (χ1) is 29.8. The van der Waals surface area contributed by atoms with Crippen molar-refractivity contribution >= 4 is 67.9 Å². The van der Waals surface area contributed by atoms with E-state index >= 15 is 0 Å². The second kappa shape index (κ2) is 12.5. The van der Waals surface area contributed by atoms with E-state index in [0.29, 0.717) is 0 Å². The van der Waals surface area contributed by atoms with Crippen LogP contribution in [-0.4, -0.2) is 6.71 Å². The highest BCUT2D eigenvalue weighted by Crippen LogP contribution is 2.58. The SMILES string of the molecule is Cc1cc2c3c(c1)N(c1ccc4c(c1)C(C)(C)c1ccccc1-4)c1c(sc4c1C(C)(C)CCC4(C)C)B3c1cc(C(C)(C)C)ccc1N2c1ccc2c(c1)C(C)(C)c1ccccc1-2. The maximum Gasteiger partial charge on any atom is 0.264 e. The maximum atomic E-state index is 2.74. The van der Waals surface area contributed by atoms with E-state index in [0.717, 1.165) is 0 Å². The Kier molecular flexibility index (Phi) is 7.78. The summed E-state index contributed by atoms with van der Waals surface area (Å²) in [4.78, 5) is 6.95. The van der Waals surface area contributed by atoms with Crippen LogP contribution in [0.4, 0.5) is 34.1 Å². The average molecular weight is 839 g/mol. The maximum absolute atomic E-state index is 2.74. The van der Waals surface area contributed by atoms with Gasteiger partial charge in [-0.05, 0) is 151 Å². The summed E-state index contributed by atoms with van der Waals surface area (Å²) in [5, 5.41) is 0. The summed E-state index contributed by atoms with van der Waals surface area (Å²) in [6, 6.07) is 45.3. The predicted molar refractivity (Wildman–Crippen MR) is 272 cm³/mol. The van der Waals surface area contributed by atoms with Crippen LogP contribution in [-0.2, 0) is 27.1 Å². The molecule has 0 saturated heterocycles. The average Bonchev–Trinajstić information content (AvgIpc) is 3.84. The lowest BCUT2D eigenvalue weighted by Gasteiger charge is -2.46. The van der Waals surface area contributed by atoms with Crippen molar-refractivity contribution in [3.63, 3.8) is 0 Å². The van der Waals surface area contributed by atoms with Crippen molar-refractivity contribution in [3.05, 3.63) is 159 Å². The number of hydrogen-bond donors (Lipinski definition) is 0. The molecule has 3 heterocycles. The molecule has 0 radical (unpaired) electrons. The van der Waals surface area contributed by atoms with E-state index in [1.807, 2.05) is 0 Å². The second-order valence-corrected chi connectivity index (χ2v) is 24.0. The van der Waals surface area contributed by atoms with Crippen molar-refractivity contribution in [2.45, 2.75) is 123 Å². The van der Waals surface area contributed by atoms with Crippen LogP contribution in [0.3, 0.4) is 0 Å². The number of benzene rings is 6. The van der Waals surface area contributed by atoms with Crippen LogP contribution in [0.5, 0.6) is 0 Å². The molecule has 0 bridgehead atoms. The van der Waals surface area contributed by atoms with E-state index in [1.165, 1.54) is 118 Å². The lowest BCUT2D eigenvalue weighted by Crippen LogP contribution is -2.61. The molecule has 0 amide bonds. The molecule has 4 heteroatoms. The Hall–Kier alpha value is -5.32. The number of aryl methyl sites for hydroxylation is 1. The lowest BCUT2D eigenvalue weighted by molar-refractivity contribution is 0.339. The Morgan fingerprint density at radius 2 is 1.06 bits per heavy atom. The summed E-state index contributed by atoms with van der Waals surface area (Å²) in [7, 11) is 0. The molecule has 7 aromatic rings. The van der Waals surface area contributed by atoms with Crippen LogP contribution in [0.2, 0.25) is 0 Å². The molecule has 12 rings (SSSR count). The third kappa shape index (κ3) is 5.19. The number of fused-ring (bicyclic) bond motifs is 12. The molecule has 2 nitrogen and oxygen atoms in total. The minimum atomic E-state index is -0.107. The van der Waals surface area contributed by atoms with E-state index in [9.17, 15) is 0 Å². The van der Waals surface area contributed by atoms with Gasteiger partial charge in [0, 0.05) is 48.9 Å². The molecule has 5 aliphatic rings. The number of hydrogen-bond acceptors (Lipinski definition) is 3. The van der Waals surface area contributed by atoms with Crippen LogP contribution in [0.15, 0.2) is 115 Å². The molecule has 3 aliphatic carbocycles. The van der Waals surface area contributed by atoms with Crippen LogP contribution < -0.4 is 25.5 Å². The van der Waals surface area contributed by atoms with Gasteiger partial charge in [-0.15, -0.1) is 0 Å². The van der Waals surface area contributed by atoms with Gasteiger partial charge in [0.2, 0.25) is 0 Å². The molecule has 63 heavy (non-hydrogen) atoms. The Morgan fingerprint density at radius 3 is 1.65 bits per heavy atom. The van der Waals surface area contributed by atoms with E-state index in [-0.39, 0.29) is 33.8 Å². The topological polar surface area (TPSA) is 6.48 Å². The molecule has 6 aromatic carbocycles. The fourth-order valence-electron chi connectivity index (χ4n) is 12.6. The molecule has 0 unspecified atom stereocenters. The zero-order chi connectivity index (χ0) is 43.9. The summed E-state index contributed by atoms with van der Waals surface area (Å²) in [6.07, 6.45) is 2.36. The van der Waals surface area contributed by atoms with Gasteiger partial charge in [0.25, 0.3) is 6.71 Å². The van der Waals surface area contributed by atoms with Crippen LogP contribution in [0.1, 0.15) is 133 Å². The third-order valence-corrected chi connectivity index (χ3v) is 17.8. The number of thiophene rings is 1. The Bertz CT molecular complexity index is 3150. The normalized spacial score (nSPS) is 18.4. The summed E-state index contributed by atoms with van der Waals surface area (Å²) >= 11 is 2.13. The van der Waals surface area contributed by atoms with Crippen LogP contribution in [0, 0.1) is 6.92 Å². The summed E-state index contributed by atoms with van der Waals surface area (Å²) in [6.45, 7) is 29.2. The van der Waals surface area contributed by atoms with Gasteiger partial charge in [-0.3, -0.25) is 0 Å². The molecular formula is C59H59BN2S. The molecule has 0 N–H and O–H groups in total. The Morgan fingerprint density at radius 1 is 0.540 bits per heavy atom. The van der Waals surface area contributed by atoms with Crippen molar-refractivity contribution in [1.82, 2.24) is 0 Å². The molecular weight excluding hydrogens is 780 g/mol. The smallest absolute Gasteiger partial charge is 0.264 e. The zero-order valence-corrected chi connectivity index (χ0v) is 40.1. The van der Waals surface area contributed by atoms with Gasteiger partial charge in [0.1, 0.15) is 0 Å². The van der Waals surface area contributed by atoms with Gasteiger partial charge >= 0.3 is 0 Å². The highest BCUT2D eigenvalue weighted by atomic mass is 32.1. The summed E-state index contributed by atoms with van der Waals surface area (Å²) in [5.41, 5.74) is 25.9. The quantitative estimate of drug-likeness (QED) is 0.160. The molecule has 0 atom stereocenters. The van der Waals surface area contributed by atoms with E-state index < -0.39 is 0 Å². The van der Waals surface area contributed by atoms with Crippen molar-refractivity contribution in [2.24, 2.45) is 0 Å². The first-order valence-electron chi connectivity index (χ1n) is 23.3. The highest BCUT2D eigenvalue weighted by molar-refractivity contribution is 7.29. The van der Waals surface area contributed by atoms with Crippen LogP contribution in [0.25, 0.3) is 22.3 Å². The fourth-order valence-corrected chi connectivity index (χ4v) is 14.3. The third-order valence-electron chi connectivity index (χ3n) is 16.2.